The molecule has 0 spiro atoms. The van der Waals surface area contributed by atoms with Gasteiger partial charge in [-0.2, -0.15) is 0 Å². The number of hydrogen-bond donors (Lipinski definition) is 0. The zero-order chi connectivity index (χ0) is 11.8. The summed E-state index contributed by atoms with van der Waals surface area (Å²) >= 11 is 4.15. The molecular formula is C14H17IS. The van der Waals surface area contributed by atoms with Gasteiger partial charge in [-0.15, -0.1) is 11.3 Å². The SMILES string of the molecule is C/C=C\c1sc(C#CCCCCC)cc1I. The minimum absolute atomic E-state index is 1.03. The molecule has 0 saturated heterocycles. The number of unbranched alkanes of at least 4 members (excludes halogenated alkanes) is 3. The summed E-state index contributed by atoms with van der Waals surface area (Å²) in [6.45, 7) is 4.27. The van der Waals surface area contributed by atoms with E-state index in [-0.39, 0.29) is 0 Å². The largest absolute Gasteiger partial charge is 0.126 e. The Morgan fingerprint density at radius 2 is 2.25 bits per heavy atom. The smallest absolute Gasteiger partial charge is 0.0785 e. The minimum Gasteiger partial charge on any atom is -0.126 e. The van der Waals surface area contributed by atoms with E-state index < -0.39 is 0 Å². The molecule has 86 valence electrons. The summed E-state index contributed by atoms with van der Waals surface area (Å²) in [4.78, 5) is 2.51. The van der Waals surface area contributed by atoms with Crippen LogP contribution >= 0.6 is 33.9 Å². The minimum atomic E-state index is 1.03. The molecule has 0 radical (unpaired) electrons. The van der Waals surface area contributed by atoms with Gasteiger partial charge in [0.15, 0.2) is 0 Å². The average Bonchev–Trinajstić information content (AvgIpc) is 2.60. The van der Waals surface area contributed by atoms with Crippen molar-refractivity contribution >= 4 is 40.0 Å². The monoisotopic (exact) mass is 344 g/mol. The second-order valence-electron chi connectivity index (χ2n) is 3.58. The van der Waals surface area contributed by atoms with E-state index in [2.05, 4.69) is 59.6 Å². The van der Waals surface area contributed by atoms with Crippen molar-refractivity contribution in [3.8, 4) is 11.8 Å². The second-order valence-corrected chi connectivity index (χ2v) is 5.83. The van der Waals surface area contributed by atoms with Crippen LogP contribution < -0.4 is 0 Å². The number of thiophene rings is 1. The van der Waals surface area contributed by atoms with Gasteiger partial charge in [0, 0.05) is 14.9 Å². The Balaban J connectivity index is 2.57. The topological polar surface area (TPSA) is 0 Å². The summed E-state index contributed by atoms with van der Waals surface area (Å²) in [7, 11) is 0. The number of allylic oxidation sites excluding steroid dienone is 1. The Labute approximate surface area is 116 Å². The summed E-state index contributed by atoms with van der Waals surface area (Å²) in [5, 5.41) is 0. The molecule has 16 heavy (non-hydrogen) atoms. The molecule has 1 heterocycles. The predicted octanol–water partition coefficient (Wildman–Crippen LogP) is 5.32. The molecule has 0 aliphatic carbocycles. The van der Waals surface area contributed by atoms with E-state index in [9.17, 15) is 0 Å². The molecule has 1 aromatic rings. The third-order valence-corrected chi connectivity index (χ3v) is 4.42. The first kappa shape index (κ1) is 13.8. The van der Waals surface area contributed by atoms with Crippen molar-refractivity contribution in [3.63, 3.8) is 0 Å². The van der Waals surface area contributed by atoms with Gasteiger partial charge in [-0.1, -0.05) is 37.7 Å². The quantitative estimate of drug-likeness (QED) is 0.394. The Hall–Kier alpha value is -0.270. The lowest BCUT2D eigenvalue weighted by Crippen LogP contribution is -1.71. The van der Waals surface area contributed by atoms with Crippen LogP contribution in [0, 0.1) is 15.4 Å². The molecule has 1 rings (SSSR count). The first-order chi connectivity index (χ1) is 7.77. The molecule has 0 fully saturated rings. The Morgan fingerprint density at radius 1 is 1.44 bits per heavy atom. The van der Waals surface area contributed by atoms with Crippen molar-refractivity contribution in [2.24, 2.45) is 0 Å². The Morgan fingerprint density at radius 3 is 2.94 bits per heavy atom. The fraction of sp³-hybridized carbons (Fsp3) is 0.429. The van der Waals surface area contributed by atoms with Gasteiger partial charge in [-0.25, -0.2) is 0 Å². The van der Waals surface area contributed by atoms with Crippen LogP contribution in [0.15, 0.2) is 12.1 Å². The standard InChI is InChI=1S/C14H17IS/c1-3-5-6-7-8-10-12-11-13(15)14(16-12)9-4-2/h4,9,11H,3,5-7H2,1-2H3/b9-4-. The van der Waals surface area contributed by atoms with Crippen LogP contribution in [0.2, 0.25) is 0 Å². The summed E-state index contributed by atoms with van der Waals surface area (Å²) in [5.41, 5.74) is 0. The van der Waals surface area contributed by atoms with Crippen LogP contribution in [0.4, 0.5) is 0 Å². The van der Waals surface area contributed by atoms with Gasteiger partial charge >= 0.3 is 0 Å². The predicted molar refractivity (Wildman–Crippen MR) is 82.8 cm³/mol. The second kappa shape index (κ2) is 7.92. The third-order valence-electron chi connectivity index (χ3n) is 2.15. The van der Waals surface area contributed by atoms with E-state index >= 15 is 0 Å². The molecule has 0 atom stereocenters. The normalized spacial score (nSPS) is 10.4. The molecule has 0 saturated carbocycles. The highest BCUT2D eigenvalue weighted by Gasteiger charge is 2.00. The van der Waals surface area contributed by atoms with E-state index in [1.807, 2.05) is 6.92 Å². The van der Waals surface area contributed by atoms with E-state index in [4.69, 9.17) is 0 Å². The zero-order valence-electron chi connectivity index (χ0n) is 9.85. The molecule has 0 amide bonds. The van der Waals surface area contributed by atoms with Crippen LogP contribution in [0.3, 0.4) is 0 Å². The van der Waals surface area contributed by atoms with E-state index in [1.165, 1.54) is 32.6 Å². The Bertz CT molecular complexity index is 404. The summed E-state index contributed by atoms with van der Waals surface area (Å²) in [6, 6.07) is 2.17. The maximum Gasteiger partial charge on any atom is 0.0785 e. The first-order valence-corrected chi connectivity index (χ1v) is 7.58. The molecule has 0 aliphatic rings. The zero-order valence-corrected chi connectivity index (χ0v) is 12.8. The highest BCUT2D eigenvalue weighted by molar-refractivity contribution is 14.1. The fourth-order valence-electron chi connectivity index (χ4n) is 1.32. The molecule has 0 aliphatic heterocycles. The van der Waals surface area contributed by atoms with Crippen molar-refractivity contribution in [3.05, 3.63) is 25.5 Å². The van der Waals surface area contributed by atoms with Gasteiger partial charge in [0.2, 0.25) is 0 Å². The lowest BCUT2D eigenvalue weighted by Gasteiger charge is -1.87. The van der Waals surface area contributed by atoms with Crippen LogP contribution in [0.1, 0.15) is 49.3 Å². The summed E-state index contributed by atoms with van der Waals surface area (Å²) in [6.07, 6.45) is 9.04. The number of hydrogen-bond acceptors (Lipinski definition) is 1. The van der Waals surface area contributed by atoms with Crippen molar-refractivity contribution in [1.29, 1.82) is 0 Å². The molecule has 2 heteroatoms. The lowest BCUT2D eigenvalue weighted by atomic mass is 10.2. The van der Waals surface area contributed by atoms with Gasteiger partial charge in [0.05, 0.1) is 4.88 Å². The fourth-order valence-corrected chi connectivity index (χ4v) is 3.25. The van der Waals surface area contributed by atoms with Gasteiger partial charge in [0.1, 0.15) is 0 Å². The maximum absolute atomic E-state index is 3.25. The number of halogens is 1. The van der Waals surface area contributed by atoms with Crippen LogP contribution in [0.5, 0.6) is 0 Å². The van der Waals surface area contributed by atoms with Gasteiger partial charge < -0.3 is 0 Å². The molecule has 0 N–H and O–H groups in total. The highest BCUT2D eigenvalue weighted by atomic mass is 127. The van der Waals surface area contributed by atoms with Crippen molar-refractivity contribution in [2.45, 2.75) is 39.5 Å². The highest BCUT2D eigenvalue weighted by Crippen LogP contribution is 2.24. The van der Waals surface area contributed by atoms with Gasteiger partial charge in [-0.05, 0) is 48.1 Å². The van der Waals surface area contributed by atoms with E-state index in [0.717, 1.165) is 6.42 Å². The van der Waals surface area contributed by atoms with Crippen molar-refractivity contribution < 1.29 is 0 Å². The third kappa shape index (κ3) is 4.71. The van der Waals surface area contributed by atoms with E-state index in [0.29, 0.717) is 0 Å². The summed E-state index contributed by atoms with van der Waals surface area (Å²) < 4.78 is 1.30. The van der Waals surface area contributed by atoms with Crippen LogP contribution in [0.25, 0.3) is 6.08 Å². The molecule has 1 aromatic heterocycles. The molecule has 0 bridgehead atoms. The average molecular weight is 344 g/mol. The molecule has 0 aromatic carbocycles. The van der Waals surface area contributed by atoms with E-state index in [1.54, 1.807) is 11.3 Å². The van der Waals surface area contributed by atoms with Crippen molar-refractivity contribution in [1.82, 2.24) is 0 Å². The van der Waals surface area contributed by atoms with Gasteiger partial charge in [-0.3, -0.25) is 0 Å². The lowest BCUT2D eigenvalue weighted by molar-refractivity contribution is 0.737. The van der Waals surface area contributed by atoms with Crippen LogP contribution in [-0.4, -0.2) is 0 Å². The maximum atomic E-state index is 3.25. The first-order valence-electron chi connectivity index (χ1n) is 5.68. The molecule has 0 nitrogen and oxygen atoms in total. The summed E-state index contributed by atoms with van der Waals surface area (Å²) in [5.74, 6) is 6.51. The Kier molecular flexibility index (Phi) is 6.82. The van der Waals surface area contributed by atoms with Crippen molar-refractivity contribution in [2.75, 3.05) is 0 Å². The van der Waals surface area contributed by atoms with Crippen LogP contribution in [-0.2, 0) is 0 Å². The molecule has 0 unspecified atom stereocenters. The molecular weight excluding hydrogens is 327 g/mol. The number of rotatable bonds is 4. The van der Waals surface area contributed by atoms with Gasteiger partial charge in [0.25, 0.3) is 0 Å².